The fourth-order valence-corrected chi connectivity index (χ4v) is 2.66. The number of likely N-dealkylation sites (N-methyl/N-ethyl adjacent to an activating group) is 1. The molecule has 1 saturated heterocycles. The first-order valence-electron chi connectivity index (χ1n) is 7.98. The number of amides is 2. The number of nitro benzene ring substituents is 1. The number of nitrogens with zero attached hydrogens (tertiary/aromatic N) is 3. The summed E-state index contributed by atoms with van der Waals surface area (Å²) >= 11 is 0. The second-order valence-corrected chi connectivity index (χ2v) is 5.76. The van der Waals surface area contributed by atoms with E-state index in [1.165, 1.54) is 24.3 Å². The first kappa shape index (κ1) is 17.9. The normalized spacial score (nSPS) is 16.5. The van der Waals surface area contributed by atoms with Crippen molar-refractivity contribution in [3.63, 3.8) is 0 Å². The van der Waals surface area contributed by atoms with E-state index in [1.54, 1.807) is 11.8 Å². The third-order valence-electron chi connectivity index (χ3n) is 4.17. The number of carbonyl (C=O) groups is 2. The van der Waals surface area contributed by atoms with Crippen molar-refractivity contribution in [2.24, 2.45) is 0 Å². The summed E-state index contributed by atoms with van der Waals surface area (Å²) in [6.07, 6.45) is 0. The number of hydrogen-bond acceptors (Lipinski definition) is 5. The highest BCUT2D eigenvalue weighted by Gasteiger charge is 2.25. The monoisotopic (exact) mass is 334 g/mol. The molecule has 1 N–H and O–H groups in total. The molecule has 8 nitrogen and oxygen atoms in total. The number of nitrogens with one attached hydrogen (secondary N) is 1. The van der Waals surface area contributed by atoms with E-state index in [0.717, 1.165) is 19.6 Å². The number of benzene rings is 1. The third kappa shape index (κ3) is 4.29. The van der Waals surface area contributed by atoms with Crippen LogP contribution >= 0.6 is 0 Å². The van der Waals surface area contributed by atoms with E-state index in [4.69, 9.17) is 0 Å². The SMILES string of the molecule is CCN1CCN(C(=O)C(C)NC(=O)c2cccc([N+](=O)[O-])c2)CC1. The van der Waals surface area contributed by atoms with E-state index >= 15 is 0 Å². The summed E-state index contributed by atoms with van der Waals surface area (Å²) in [6, 6.07) is 4.78. The number of non-ortho nitro benzene ring substituents is 1. The lowest BCUT2D eigenvalue weighted by atomic mass is 10.1. The molecule has 0 bridgehead atoms. The zero-order valence-electron chi connectivity index (χ0n) is 13.9. The van der Waals surface area contributed by atoms with Crippen LogP contribution in [0.25, 0.3) is 0 Å². The van der Waals surface area contributed by atoms with Crippen molar-refractivity contribution in [1.29, 1.82) is 0 Å². The van der Waals surface area contributed by atoms with Crippen LogP contribution in [0.2, 0.25) is 0 Å². The number of carbonyl (C=O) groups excluding carboxylic acids is 2. The second-order valence-electron chi connectivity index (χ2n) is 5.76. The molecule has 1 aliphatic heterocycles. The largest absolute Gasteiger partial charge is 0.341 e. The van der Waals surface area contributed by atoms with Gasteiger partial charge in [0.25, 0.3) is 11.6 Å². The van der Waals surface area contributed by atoms with Gasteiger partial charge >= 0.3 is 0 Å². The van der Waals surface area contributed by atoms with Crippen molar-refractivity contribution in [2.75, 3.05) is 32.7 Å². The van der Waals surface area contributed by atoms with Gasteiger partial charge < -0.3 is 15.1 Å². The molecular formula is C16H22N4O4. The molecule has 1 fully saturated rings. The van der Waals surface area contributed by atoms with E-state index in [2.05, 4.69) is 17.1 Å². The lowest BCUT2D eigenvalue weighted by Crippen LogP contribution is -2.54. The summed E-state index contributed by atoms with van der Waals surface area (Å²) in [5.74, 6) is -0.628. The summed E-state index contributed by atoms with van der Waals surface area (Å²) in [5.41, 5.74) is 0.0111. The van der Waals surface area contributed by atoms with Crippen molar-refractivity contribution in [3.05, 3.63) is 39.9 Å². The lowest BCUT2D eigenvalue weighted by Gasteiger charge is -2.35. The summed E-state index contributed by atoms with van der Waals surface area (Å²) in [6.45, 7) is 7.61. The van der Waals surface area contributed by atoms with Crippen LogP contribution in [0.1, 0.15) is 24.2 Å². The van der Waals surface area contributed by atoms with E-state index < -0.39 is 16.9 Å². The summed E-state index contributed by atoms with van der Waals surface area (Å²) in [5, 5.41) is 13.4. The molecule has 0 saturated carbocycles. The number of hydrogen-bond donors (Lipinski definition) is 1. The fourth-order valence-electron chi connectivity index (χ4n) is 2.66. The quantitative estimate of drug-likeness (QED) is 0.637. The van der Waals surface area contributed by atoms with E-state index in [1.807, 2.05) is 0 Å². The molecule has 1 aliphatic rings. The minimum absolute atomic E-state index is 0.135. The Hall–Kier alpha value is -2.48. The Morgan fingerprint density at radius 2 is 1.96 bits per heavy atom. The highest BCUT2D eigenvalue weighted by molar-refractivity contribution is 5.97. The van der Waals surface area contributed by atoms with Crippen LogP contribution < -0.4 is 5.32 Å². The molecule has 1 aromatic carbocycles. The van der Waals surface area contributed by atoms with Crippen LogP contribution in [0, 0.1) is 10.1 Å². The summed E-state index contributed by atoms with van der Waals surface area (Å²) in [7, 11) is 0. The minimum atomic E-state index is -0.676. The first-order chi connectivity index (χ1) is 11.4. The van der Waals surface area contributed by atoms with Crippen LogP contribution in [0.5, 0.6) is 0 Å². The molecule has 0 aliphatic carbocycles. The van der Waals surface area contributed by atoms with Gasteiger partial charge in [0.1, 0.15) is 6.04 Å². The van der Waals surface area contributed by atoms with Crippen LogP contribution in [-0.2, 0) is 4.79 Å². The van der Waals surface area contributed by atoms with Gasteiger partial charge in [-0.2, -0.15) is 0 Å². The zero-order valence-corrected chi connectivity index (χ0v) is 13.9. The summed E-state index contributed by atoms with van der Waals surface area (Å²) < 4.78 is 0. The summed E-state index contributed by atoms with van der Waals surface area (Å²) in [4.78, 5) is 38.8. The Bertz CT molecular complexity index is 626. The van der Waals surface area contributed by atoms with Crippen LogP contribution in [0.4, 0.5) is 5.69 Å². The molecular weight excluding hydrogens is 312 g/mol. The topological polar surface area (TPSA) is 95.8 Å². The molecule has 0 aromatic heterocycles. The zero-order chi connectivity index (χ0) is 17.7. The standard InChI is InChI=1S/C16H22N4O4/c1-3-18-7-9-19(10-8-18)16(22)12(2)17-15(21)13-5-4-6-14(11-13)20(23)24/h4-6,11-12H,3,7-10H2,1-2H3,(H,17,21). The Morgan fingerprint density at radius 3 is 2.54 bits per heavy atom. The maximum absolute atomic E-state index is 12.4. The molecule has 1 aromatic rings. The average Bonchev–Trinajstić information content (AvgIpc) is 2.61. The van der Waals surface area contributed by atoms with E-state index in [0.29, 0.717) is 13.1 Å². The van der Waals surface area contributed by atoms with Crippen LogP contribution in [0.3, 0.4) is 0 Å². The first-order valence-corrected chi connectivity index (χ1v) is 7.98. The highest BCUT2D eigenvalue weighted by atomic mass is 16.6. The molecule has 0 spiro atoms. The van der Waals surface area contributed by atoms with Gasteiger partial charge in [-0.3, -0.25) is 19.7 Å². The Kier molecular flexibility index (Phi) is 5.86. The maximum Gasteiger partial charge on any atom is 0.270 e. The van der Waals surface area contributed by atoms with Crippen LogP contribution in [-0.4, -0.2) is 65.3 Å². The van der Waals surface area contributed by atoms with Crippen molar-refractivity contribution >= 4 is 17.5 Å². The lowest BCUT2D eigenvalue weighted by molar-refractivity contribution is -0.384. The Balaban J connectivity index is 1.95. The van der Waals surface area contributed by atoms with E-state index in [9.17, 15) is 19.7 Å². The molecule has 130 valence electrons. The van der Waals surface area contributed by atoms with Crippen molar-refractivity contribution in [2.45, 2.75) is 19.9 Å². The van der Waals surface area contributed by atoms with Gasteiger partial charge in [-0.1, -0.05) is 13.0 Å². The molecule has 2 rings (SSSR count). The van der Waals surface area contributed by atoms with Crippen LogP contribution in [0.15, 0.2) is 24.3 Å². The van der Waals surface area contributed by atoms with E-state index in [-0.39, 0.29) is 17.2 Å². The maximum atomic E-state index is 12.4. The molecule has 0 radical (unpaired) electrons. The second kappa shape index (κ2) is 7.87. The number of rotatable bonds is 5. The molecule has 1 unspecified atom stereocenters. The number of piperazine rings is 1. The molecule has 2 amide bonds. The van der Waals surface area contributed by atoms with Gasteiger partial charge in [0, 0.05) is 43.9 Å². The van der Waals surface area contributed by atoms with Crippen molar-refractivity contribution in [1.82, 2.24) is 15.1 Å². The van der Waals surface area contributed by atoms with Gasteiger partial charge in [0.2, 0.25) is 5.91 Å². The van der Waals surface area contributed by atoms with Crippen molar-refractivity contribution in [3.8, 4) is 0 Å². The molecule has 1 heterocycles. The minimum Gasteiger partial charge on any atom is -0.341 e. The van der Waals surface area contributed by atoms with Gasteiger partial charge in [-0.05, 0) is 19.5 Å². The number of nitro groups is 1. The van der Waals surface area contributed by atoms with Gasteiger partial charge in [-0.15, -0.1) is 0 Å². The van der Waals surface area contributed by atoms with Gasteiger partial charge in [-0.25, -0.2) is 0 Å². The highest BCUT2D eigenvalue weighted by Crippen LogP contribution is 2.13. The molecule has 1 atom stereocenters. The Labute approximate surface area is 140 Å². The third-order valence-corrected chi connectivity index (χ3v) is 4.17. The van der Waals surface area contributed by atoms with Crippen molar-refractivity contribution < 1.29 is 14.5 Å². The smallest absolute Gasteiger partial charge is 0.270 e. The predicted molar refractivity (Wildman–Crippen MR) is 88.7 cm³/mol. The fraction of sp³-hybridized carbons (Fsp3) is 0.500. The molecule has 24 heavy (non-hydrogen) atoms. The van der Waals surface area contributed by atoms with Gasteiger partial charge in [0.15, 0.2) is 0 Å². The average molecular weight is 334 g/mol. The Morgan fingerprint density at radius 1 is 1.29 bits per heavy atom. The molecule has 8 heteroatoms. The predicted octanol–water partition coefficient (Wildman–Crippen LogP) is 0.877. The van der Waals surface area contributed by atoms with Gasteiger partial charge in [0.05, 0.1) is 4.92 Å².